The third kappa shape index (κ3) is 2.54. The second-order valence-corrected chi connectivity index (χ2v) is 6.79. The molecule has 1 amide bonds. The molecule has 2 saturated heterocycles. The van der Waals surface area contributed by atoms with E-state index in [0.29, 0.717) is 16.0 Å². The molecule has 2 fully saturated rings. The summed E-state index contributed by atoms with van der Waals surface area (Å²) < 4.78 is 0.823. The molecule has 2 aliphatic heterocycles. The van der Waals surface area contributed by atoms with Crippen LogP contribution in [0.5, 0.6) is 0 Å². The van der Waals surface area contributed by atoms with Gasteiger partial charge in [-0.1, -0.05) is 11.6 Å². The monoisotopic (exact) mass is 342 g/mol. The van der Waals surface area contributed by atoms with Crippen molar-refractivity contribution in [2.75, 3.05) is 26.2 Å². The van der Waals surface area contributed by atoms with Crippen molar-refractivity contribution in [3.63, 3.8) is 0 Å². The van der Waals surface area contributed by atoms with E-state index in [1.807, 2.05) is 17.0 Å². The Kier molecular flexibility index (Phi) is 3.58. The van der Waals surface area contributed by atoms with Gasteiger partial charge in [-0.3, -0.25) is 4.79 Å². The summed E-state index contributed by atoms with van der Waals surface area (Å²) in [5, 5.41) is 3.99. The Morgan fingerprint density at radius 3 is 2.95 bits per heavy atom. The van der Waals surface area contributed by atoms with Gasteiger partial charge in [-0.2, -0.15) is 0 Å². The lowest BCUT2D eigenvalue weighted by Gasteiger charge is -2.22. The zero-order chi connectivity index (χ0) is 13.5. The van der Waals surface area contributed by atoms with Gasteiger partial charge in [0.25, 0.3) is 5.91 Å². The summed E-state index contributed by atoms with van der Waals surface area (Å²) in [4.78, 5) is 14.4. The van der Waals surface area contributed by atoms with E-state index in [1.54, 1.807) is 6.07 Å². The summed E-state index contributed by atoms with van der Waals surface area (Å²) in [7, 11) is 0. The van der Waals surface area contributed by atoms with Gasteiger partial charge in [-0.05, 0) is 53.5 Å². The van der Waals surface area contributed by atoms with Crippen LogP contribution in [0, 0.1) is 5.41 Å². The van der Waals surface area contributed by atoms with E-state index in [2.05, 4.69) is 21.2 Å². The summed E-state index contributed by atoms with van der Waals surface area (Å²) in [5.74, 6) is 0.0955. The van der Waals surface area contributed by atoms with Gasteiger partial charge in [0, 0.05) is 35.1 Å². The lowest BCUT2D eigenvalue weighted by molar-refractivity contribution is 0.0775. The van der Waals surface area contributed by atoms with Crippen molar-refractivity contribution >= 4 is 33.4 Å². The first-order chi connectivity index (χ1) is 9.10. The van der Waals surface area contributed by atoms with Crippen molar-refractivity contribution in [1.29, 1.82) is 0 Å². The third-order valence-corrected chi connectivity index (χ3v) is 5.46. The number of nitrogens with one attached hydrogen (secondary N) is 1. The molecule has 19 heavy (non-hydrogen) atoms. The van der Waals surface area contributed by atoms with Crippen LogP contribution in [0.2, 0.25) is 5.02 Å². The van der Waals surface area contributed by atoms with Crippen molar-refractivity contribution in [3.8, 4) is 0 Å². The van der Waals surface area contributed by atoms with Crippen LogP contribution < -0.4 is 5.32 Å². The molecule has 3 rings (SSSR count). The summed E-state index contributed by atoms with van der Waals surface area (Å²) in [6.45, 7) is 3.84. The lowest BCUT2D eigenvalue weighted by Crippen LogP contribution is -2.33. The van der Waals surface area contributed by atoms with E-state index in [9.17, 15) is 4.79 Å². The Morgan fingerprint density at radius 2 is 2.26 bits per heavy atom. The fourth-order valence-corrected chi connectivity index (χ4v) is 3.49. The van der Waals surface area contributed by atoms with Crippen molar-refractivity contribution < 1.29 is 4.79 Å². The SMILES string of the molecule is O=C(c1ccc(Br)c(Cl)c1)N1CCC2(CCNC2)C1. The van der Waals surface area contributed by atoms with Crippen LogP contribution in [0.3, 0.4) is 0 Å². The average Bonchev–Trinajstić information content (AvgIpc) is 3.03. The molecule has 0 aromatic heterocycles. The molecule has 0 aliphatic carbocycles. The minimum atomic E-state index is 0.0955. The highest BCUT2D eigenvalue weighted by Crippen LogP contribution is 2.36. The molecular formula is C14H16BrClN2O. The van der Waals surface area contributed by atoms with Gasteiger partial charge < -0.3 is 10.2 Å². The third-order valence-electron chi connectivity index (χ3n) is 4.22. The van der Waals surface area contributed by atoms with Crippen LogP contribution in [0.1, 0.15) is 23.2 Å². The van der Waals surface area contributed by atoms with Crippen LogP contribution in [0.4, 0.5) is 0 Å². The number of carbonyl (C=O) groups is 1. The maximum atomic E-state index is 12.5. The summed E-state index contributed by atoms with van der Waals surface area (Å²) >= 11 is 9.40. The fourth-order valence-electron chi connectivity index (χ4n) is 3.06. The number of nitrogens with zero attached hydrogens (tertiary/aromatic N) is 1. The molecule has 5 heteroatoms. The quantitative estimate of drug-likeness (QED) is 0.850. The van der Waals surface area contributed by atoms with Crippen LogP contribution in [0.15, 0.2) is 22.7 Å². The average molecular weight is 344 g/mol. The van der Waals surface area contributed by atoms with E-state index in [1.165, 1.54) is 6.42 Å². The first kappa shape index (κ1) is 13.4. The van der Waals surface area contributed by atoms with Gasteiger partial charge in [0.2, 0.25) is 0 Å². The maximum Gasteiger partial charge on any atom is 0.253 e. The number of likely N-dealkylation sites (tertiary alicyclic amines) is 1. The van der Waals surface area contributed by atoms with Crippen molar-refractivity contribution in [2.45, 2.75) is 12.8 Å². The van der Waals surface area contributed by atoms with Gasteiger partial charge in [0.15, 0.2) is 0 Å². The van der Waals surface area contributed by atoms with Crippen LogP contribution in [0.25, 0.3) is 0 Å². The summed E-state index contributed by atoms with van der Waals surface area (Å²) in [6.07, 6.45) is 2.29. The molecule has 1 N–H and O–H groups in total. The zero-order valence-corrected chi connectivity index (χ0v) is 12.9. The Bertz CT molecular complexity index is 514. The van der Waals surface area contributed by atoms with E-state index < -0.39 is 0 Å². The van der Waals surface area contributed by atoms with Gasteiger partial charge in [-0.15, -0.1) is 0 Å². The van der Waals surface area contributed by atoms with Crippen LogP contribution in [-0.4, -0.2) is 37.0 Å². The smallest absolute Gasteiger partial charge is 0.253 e. The van der Waals surface area contributed by atoms with E-state index in [0.717, 1.165) is 37.1 Å². The van der Waals surface area contributed by atoms with Crippen molar-refractivity contribution in [2.24, 2.45) is 5.41 Å². The molecule has 0 saturated carbocycles. The zero-order valence-electron chi connectivity index (χ0n) is 10.6. The molecule has 2 aliphatic rings. The van der Waals surface area contributed by atoms with Gasteiger partial charge >= 0.3 is 0 Å². The predicted octanol–water partition coefficient (Wildman–Crippen LogP) is 2.93. The highest BCUT2D eigenvalue weighted by Gasteiger charge is 2.41. The Balaban J connectivity index is 1.76. The molecule has 2 heterocycles. The Morgan fingerprint density at radius 1 is 1.42 bits per heavy atom. The largest absolute Gasteiger partial charge is 0.338 e. The summed E-state index contributed by atoms with van der Waals surface area (Å²) in [5.41, 5.74) is 0.991. The first-order valence-corrected chi connectivity index (χ1v) is 7.72. The van der Waals surface area contributed by atoms with E-state index in [-0.39, 0.29) is 5.91 Å². The molecule has 102 valence electrons. The number of halogens is 2. The maximum absolute atomic E-state index is 12.5. The van der Waals surface area contributed by atoms with Crippen molar-refractivity contribution in [3.05, 3.63) is 33.3 Å². The highest BCUT2D eigenvalue weighted by atomic mass is 79.9. The van der Waals surface area contributed by atoms with Crippen LogP contribution >= 0.6 is 27.5 Å². The number of hydrogen-bond donors (Lipinski definition) is 1. The first-order valence-electron chi connectivity index (χ1n) is 6.55. The Labute approximate surface area is 126 Å². The second-order valence-electron chi connectivity index (χ2n) is 5.53. The lowest BCUT2D eigenvalue weighted by atomic mass is 9.86. The van der Waals surface area contributed by atoms with Gasteiger partial charge in [-0.25, -0.2) is 0 Å². The normalized spacial score (nSPS) is 26.3. The number of carbonyl (C=O) groups excluding carboxylic acids is 1. The standard InChI is InChI=1S/C14H16BrClN2O/c15-11-2-1-10(7-12(11)16)13(19)18-6-4-14(9-18)3-5-17-8-14/h1-2,7,17H,3-6,8-9H2. The molecule has 1 aromatic carbocycles. The summed E-state index contributed by atoms with van der Waals surface area (Å²) in [6, 6.07) is 5.40. The minimum absolute atomic E-state index is 0.0955. The second kappa shape index (κ2) is 5.08. The number of hydrogen-bond acceptors (Lipinski definition) is 2. The van der Waals surface area contributed by atoms with Gasteiger partial charge in [0.1, 0.15) is 0 Å². The predicted molar refractivity (Wildman–Crippen MR) is 79.6 cm³/mol. The van der Waals surface area contributed by atoms with E-state index in [4.69, 9.17) is 11.6 Å². The number of benzene rings is 1. The molecule has 1 atom stereocenters. The molecule has 0 radical (unpaired) electrons. The van der Waals surface area contributed by atoms with E-state index >= 15 is 0 Å². The molecule has 1 aromatic rings. The number of amides is 1. The Hall–Kier alpha value is -0.580. The topological polar surface area (TPSA) is 32.3 Å². The molecule has 1 unspecified atom stereocenters. The fraction of sp³-hybridized carbons (Fsp3) is 0.500. The molecule has 0 bridgehead atoms. The van der Waals surface area contributed by atoms with Crippen LogP contribution in [-0.2, 0) is 0 Å². The molecule has 3 nitrogen and oxygen atoms in total. The number of rotatable bonds is 1. The highest BCUT2D eigenvalue weighted by molar-refractivity contribution is 9.10. The molecule has 1 spiro atoms. The molecular weight excluding hydrogens is 328 g/mol. The minimum Gasteiger partial charge on any atom is -0.338 e. The van der Waals surface area contributed by atoms with Crippen molar-refractivity contribution in [1.82, 2.24) is 10.2 Å². The van der Waals surface area contributed by atoms with Gasteiger partial charge in [0.05, 0.1) is 5.02 Å².